The molecule has 1 saturated heterocycles. The number of carbonyl (C=O) groups is 1. The van der Waals surface area contributed by atoms with Gasteiger partial charge in [0, 0.05) is 45.9 Å². The fourth-order valence-electron chi connectivity index (χ4n) is 3.31. The number of nitrogens with one attached hydrogen (secondary N) is 2. The van der Waals surface area contributed by atoms with Crippen molar-refractivity contribution in [1.82, 2.24) is 15.5 Å². The Morgan fingerprint density at radius 3 is 2.50 bits per heavy atom. The van der Waals surface area contributed by atoms with Crippen molar-refractivity contribution in [2.75, 3.05) is 39.5 Å². The van der Waals surface area contributed by atoms with Gasteiger partial charge in [0.25, 0.3) is 0 Å². The normalized spacial score (nSPS) is 18.0. The second kappa shape index (κ2) is 10.5. The third-order valence-corrected chi connectivity index (χ3v) is 6.05. The maximum atomic E-state index is 12.3. The summed E-state index contributed by atoms with van der Waals surface area (Å²) in [5.74, 6) is 1.44. The predicted molar refractivity (Wildman–Crippen MR) is 112 cm³/mol. The van der Waals surface area contributed by atoms with Crippen molar-refractivity contribution < 1.29 is 13.2 Å². The molecule has 0 saturated carbocycles. The third-order valence-electron chi connectivity index (χ3n) is 4.92. The van der Waals surface area contributed by atoms with Gasteiger partial charge in [0.05, 0.1) is 4.90 Å². The SMILES string of the molecule is CN=C(NCCC(=O)N1CCCC(C)C1)NCCc1ccc(S(C)(=O)=O)cc1. The van der Waals surface area contributed by atoms with Crippen LogP contribution in [0.1, 0.15) is 31.7 Å². The van der Waals surface area contributed by atoms with Crippen molar-refractivity contribution >= 4 is 21.7 Å². The van der Waals surface area contributed by atoms with Gasteiger partial charge in [-0.25, -0.2) is 8.42 Å². The van der Waals surface area contributed by atoms with Gasteiger partial charge in [-0.05, 0) is 42.9 Å². The smallest absolute Gasteiger partial charge is 0.224 e. The van der Waals surface area contributed by atoms with Gasteiger partial charge >= 0.3 is 0 Å². The molecule has 8 heteroatoms. The molecule has 1 unspecified atom stereocenters. The van der Waals surface area contributed by atoms with E-state index in [0.29, 0.717) is 36.3 Å². The molecular formula is C20H32N4O3S. The Morgan fingerprint density at radius 1 is 1.21 bits per heavy atom. The van der Waals surface area contributed by atoms with E-state index in [1.54, 1.807) is 19.2 Å². The van der Waals surface area contributed by atoms with Crippen LogP contribution in [0.25, 0.3) is 0 Å². The topological polar surface area (TPSA) is 90.9 Å². The zero-order valence-electron chi connectivity index (χ0n) is 17.1. The molecule has 156 valence electrons. The molecule has 0 aromatic heterocycles. The van der Waals surface area contributed by atoms with E-state index in [0.717, 1.165) is 31.5 Å². The lowest BCUT2D eigenvalue weighted by Gasteiger charge is -2.31. The van der Waals surface area contributed by atoms with E-state index in [1.807, 2.05) is 17.0 Å². The molecule has 1 aromatic carbocycles. The molecular weight excluding hydrogens is 376 g/mol. The Balaban J connectivity index is 1.69. The molecule has 0 spiro atoms. The zero-order chi connectivity index (χ0) is 20.6. The molecule has 2 rings (SSSR count). The van der Waals surface area contributed by atoms with Crippen LogP contribution in [0.2, 0.25) is 0 Å². The van der Waals surface area contributed by atoms with E-state index < -0.39 is 9.84 Å². The molecule has 1 heterocycles. The Kier molecular flexibility index (Phi) is 8.29. The summed E-state index contributed by atoms with van der Waals surface area (Å²) in [4.78, 5) is 18.8. The lowest BCUT2D eigenvalue weighted by molar-refractivity contribution is -0.132. The minimum Gasteiger partial charge on any atom is -0.356 e. The standard InChI is InChI=1S/C20H32N4O3S/c1-16-5-4-14-24(15-16)19(25)11-13-23-20(21-2)22-12-10-17-6-8-18(9-7-17)28(3,26)27/h6-9,16H,4-5,10-15H2,1-3H3,(H2,21,22,23). The number of aliphatic imine (C=N–C) groups is 1. The summed E-state index contributed by atoms with van der Waals surface area (Å²) in [5, 5.41) is 6.40. The number of amides is 1. The second-order valence-electron chi connectivity index (χ2n) is 7.43. The van der Waals surface area contributed by atoms with Gasteiger partial charge in [0.2, 0.25) is 5.91 Å². The van der Waals surface area contributed by atoms with Crippen molar-refractivity contribution in [2.24, 2.45) is 10.9 Å². The Bertz CT molecular complexity index is 775. The lowest BCUT2D eigenvalue weighted by Crippen LogP contribution is -2.42. The van der Waals surface area contributed by atoms with E-state index in [2.05, 4.69) is 22.5 Å². The van der Waals surface area contributed by atoms with Crippen molar-refractivity contribution in [2.45, 2.75) is 37.5 Å². The summed E-state index contributed by atoms with van der Waals surface area (Å²) in [6, 6.07) is 6.91. The first-order chi connectivity index (χ1) is 13.3. The molecule has 1 atom stereocenters. The first-order valence-corrected chi connectivity index (χ1v) is 11.7. The van der Waals surface area contributed by atoms with Gasteiger partial charge in [-0.2, -0.15) is 0 Å². The largest absolute Gasteiger partial charge is 0.356 e. The Hall–Kier alpha value is -2.09. The third kappa shape index (κ3) is 7.14. The van der Waals surface area contributed by atoms with Gasteiger partial charge < -0.3 is 15.5 Å². The Morgan fingerprint density at radius 2 is 1.89 bits per heavy atom. The van der Waals surface area contributed by atoms with Crippen molar-refractivity contribution in [3.63, 3.8) is 0 Å². The van der Waals surface area contributed by atoms with Crippen molar-refractivity contribution in [3.05, 3.63) is 29.8 Å². The molecule has 1 amide bonds. The summed E-state index contributed by atoms with van der Waals surface area (Å²) in [6.07, 6.45) is 4.70. The van der Waals surface area contributed by atoms with Crippen LogP contribution < -0.4 is 10.6 Å². The number of guanidine groups is 1. The van der Waals surface area contributed by atoms with Crippen LogP contribution in [-0.4, -0.2) is 64.7 Å². The van der Waals surface area contributed by atoms with Gasteiger partial charge in [0.1, 0.15) is 0 Å². The quantitative estimate of drug-likeness (QED) is 0.526. The summed E-state index contributed by atoms with van der Waals surface area (Å²) in [6.45, 7) is 5.14. The van der Waals surface area contributed by atoms with Crippen LogP contribution in [0.3, 0.4) is 0 Å². The number of sulfone groups is 1. The number of likely N-dealkylation sites (tertiary alicyclic amines) is 1. The van der Waals surface area contributed by atoms with E-state index in [9.17, 15) is 13.2 Å². The maximum absolute atomic E-state index is 12.3. The number of piperidine rings is 1. The van der Waals surface area contributed by atoms with Crippen molar-refractivity contribution in [1.29, 1.82) is 0 Å². The summed E-state index contributed by atoms with van der Waals surface area (Å²) in [5.41, 5.74) is 1.05. The molecule has 1 aromatic rings. The minimum atomic E-state index is -3.16. The lowest BCUT2D eigenvalue weighted by atomic mass is 10.00. The van der Waals surface area contributed by atoms with E-state index in [-0.39, 0.29) is 5.91 Å². The molecule has 1 fully saturated rings. The number of carbonyl (C=O) groups excluding carboxylic acids is 1. The molecule has 1 aliphatic rings. The number of hydrogen-bond acceptors (Lipinski definition) is 4. The van der Waals surface area contributed by atoms with Crippen LogP contribution in [0.15, 0.2) is 34.2 Å². The second-order valence-corrected chi connectivity index (χ2v) is 9.44. The number of rotatable bonds is 7. The fourth-order valence-corrected chi connectivity index (χ4v) is 3.94. The molecule has 0 bridgehead atoms. The highest BCUT2D eigenvalue weighted by atomic mass is 32.2. The molecule has 2 N–H and O–H groups in total. The number of hydrogen-bond donors (Lipinski definition) is 2. The molecule has 28 heavy (non-hydrogen) atoms. The maximum Gasteiger partial charge on any atom is 0.224 e. The van der Waals surface area contributed by atoms with E-state index in [1.165, 1.54) is 12.7 Å². The van der Waals surface area contributed by atoms with Gasteiger partial charge in [0.15, 0.2) is 15.8 Å². The summed E-state index contributed by atoms with van der Waals surface area (Å²) < 4.78 is 23.0. The predicted octanol–water partition coefficient (Wildman–Crippen LogP) is 1.45. The van der Waals surface area contributed by atoms with Crippen LogP contribution in [0.5, 0.6) is 0 Å². The number of benzene rings is 1. The van der Waals surface area contributed by atoms with Crippen LogP contribution in [-0.2, 0) is 21.1 Å². The average molecular weight is 409 g/mol. The van der Waals surface area contributed by atoms with Crippen molar-refractivity contribution in [3.8, 4) is 0 Å². The highest BCUT2D eigenvalue weighted by molar-refractivity contribution is 7.90. The van der Waals surface area contributed by atoms with Crippen LogP contribution in [0.4, 0.5) is 0 Å². The monoisotopic (exact) mass is 408 g/mol. The average Bonchev–Trinajstić information content (AvgIpc) is 2.66. The van der Waals surface area contributed by atoms with Gasteiger partial charge in [-0.1, -0.05) is 19.1 Å². The zero-order valence-corrected chi connectivity index (χ0v) is 17.9. The molecule has 0 aliphatic carbocycles. The Labute approximate surface area is 168 Å². The summed E-state index contributed by atoms with van der Waals surface area (Å²) in [7, 11) is -1.46. The van der Waals surface area contributed by atoms with Crippen LogP contribution in [0, 0.1) is 5.92 Å². The van der Waals surface area contributed by atoms with Crippen LogP contribution >= 0.6 is 0 Å². The van der Waals surface area contributed by atoms with E-state index in [4.69, 9.17) is 0 Å². The van der Waals surface area contributed by atoms with E-state index >= 15 is 0 Å². The number of nitrogens with zero attached hydrogens (tertiary/aromatic N) is 2. The first-order valence-electron chi connectivity index (χ1n) is 9.81. The minimum absolute atomic E-state index is 0.195. The summed E-state index contributed by atoms with van der Waals surface area (Å²) >= 11 is 0. The highest BCUT2D eigenvalue weighted by Crippen LogP contribution is 2.16. The molecule has 1 aliphatic heterocycles. The van der Waals surface area contributed by atoms with Gasteiger partial charge in [-0.3, -0.25) is 9.79 Å². The molecule has 0 radical (unpaired) electrons. The first kappa shape index (κ1) is 22.2. The fraction of sp³-hybridized carbons (Fsp3) is 0.600. The molecule has 7 nitrogen and oxygen atoms in total. The highest BCUT2D eigenvalue weighted by Gasteiger charge is 2.20. The van der Waals surface area contributed by atoms with Gasteiger partial charge in [-0.15, -0.1) is 0 Å².